The Labute approximate surface area is 121 Å². The SMILES string of the molecule is NC(=O)[C@H](Cc1ccc(F)cc1)NC(=O)c1ccccc1. The van der Waals surface area contributed by atoms with Gasteiger partial charge in [0.15, 0.2) is 0 Å². The summed E-state index contributed by atoms with van der Waals surface area (Å²) in [4.78, 5) is 23.5. The van der Waals surface area contributed by atoms with Gasteiger partial charge in [-0.2, -0.15) is 0 Å². The van der Waals surface area contributed by atoms with Gasteiger partial charge in [0.1, 0.15) is 11.9 Å². The van der Waals surface area contributed by atoms with Crippen molar-refractivity contribution in [3.8, 4) is 0 Å². The molecule has 2 aromatic rings. The molecule has 0 aromatic heterocycles. The van der Waals surface area contributed by atoms with Crippen LogP contribution in [0.15, 0.2) is 54.6 Å². The van der Waals surface area contributed by atoms with Gasteiger partial charge in [-0.15, -0.1) is 0 Å². The number of rotatable bonds is 5. The largest absolute Gasteiger partial charge is 0.368 e. The van der Waals surface area contributed by atoms with Crippen LogP contribution in [0.3, 0.4) is 0 Å². The quantitative estimate of drug-likeness (QED) is 0.877. The maximum atomic E-state index is 12.9. The van der Waals surface area contributed by atoms with Crippen LogP contribution < -0.4 is 11.1 Å². The number of benzene rings is 2. The average molecular weight is 286 g/mol. The Hall–Kier alpha value is -2.69. The summed E-state index contributed by atoms with van der Waals surface area (Å²) < 4.78 is 12.9. The molecule has 0 aliphatic carbocycles. The highest BCUT2D eigenvalue weighted by Crippen LogP contribution is 2.07. The normalized spacial score (nSPS) is 11.7. The molecule has 0 radical (unpaired) electrons. The van der Waals surface area contributed by atoms with E-state index in [9.17, 15) is 14.0 Å². The van der Waals surface area contributed by atoms with Crippen molar-refractivity contribution in [1.29, 1.82) is 0 Å². The Morgan fingerprint density at radius 3 is 2.24 bits per heavy atom. The Kier molecular flexibility index (Phi) is 4.66. The third-order valence-electron chi connectivity index (χ3n) is 3.04. The van der Waals surface area contributed by atoms with Gasteiger partial charge in [0.2, 0.25) is 5.91 Å². The number of nitrogens with two attached hydrogens (primary N) is 1. The standard InChI is InChI=1S/C16H15FN2O2/c17-13-8-6-11(7-9-13)10-14(15(18)20)19-16(21)12-4-2-1-3-5-12/h1-9,14H,10H2,(H2,18,20)(H,19,21)/t14-/m0/s1. The van der Waals surface area contributed by atoms with E-state index in [-0.39, 0.29) is 18.1 Å². The molecule has 1 atom stereocenters. The van der Waals surface area contributed by atoms with E-state index < -0.39 is 11.9 Å². The number of hydrogen-bond acceptors (Lipinski definition) is 2. The minimum Gasteiger partial charge on any atom is -0.368 e. The molecule has 0 fully saturated rings. The van der Waals surface area contributed by atoms with Gasteiger partial charge in [0.05, 0.1) is 0 Å². The van der Waals surface area contributed by atoms with Crippen LogP contribution in [0.2, 0.25) is 0 Å². The lowest BCUT2D eigenvalue weighted by Crippen LogP contribution is -2.45. The highest BCUT2D eigenvalue weighted by Gasteiger charge is 2.19. The fourth-order valence-electron chi connectivity index (χ4n) is 1.91. The monoisotopic (exact) mass is 286 g/mol. The summed E-state index contributed by atoms with van der Waals surface area (Å²) in [5, 5.41) is 2.59. The van der Waals surface area contributed by atoms with Gasteiger partial charge < -0.3 is 11.1 Å². The minimum atomic E-state index is -0.844. The Morgan fingerprint density at radius 1 is 1.05 bits per heavy atom. The summed E-state index contributed by atoms with van der Waals surface area (Å²) in [7, 11) is 0. The lowest BCUT2D eigenvalue weighted by Gasteiger charge is -2.15. The second kappa shape index (κ2) is 6.65. The first-order valence-electron chi connectivity index (χ1n) is 6.46. The van der Waals surface area contributed by atoms with E-state index in [0.29, 0.717) is 11.1 Å². The molecule has 21 heavy (non-hydrogen) atoms. The predicted octanol–water partition coefficient (Wildman–Crippen LogP) is 1.65. The van der Waals surface area contributed by atoms with Crippen LogP contribution in [0.25, 0.3) is 0 Å². The molecule has 2 rings (SSSR count). The second-order valence-electron chi connectivity index (χ2n) is 4.63. The molecular formula is C16H15FN2O2. The number of halogens is 1. The Morgan fingerprint density at radius 2 is 1.67 bits per heavy atom. The zero-order chi connectivity index (χ0) is 15.2. The summed E-state index contributed by atoms with van der Waals surface area (Å²) in [6.45, 7) is 0. The van der Waals surface area contributed by atoms with Crippen molar-refractivity contribution in [2.45, 2.75) is 12.5 Å². The number of carbonyl (C=O) groups is 2. The Bertz CT molecular complexity index is 626. The smallest absolute Gasteiger partial charge is 0.251 e. The zero-order valence-corrected chi connectivity index (χ0v) is 11.3. The molecule has 3 N–H and O–H groups in total. The molecule has 0 saturated heterocycles. The lowest BCUT2D eigenvalue weighted by atomic mass is 10.0. The van der Waals surface area contributed by atoms with Gasteiger partial charge >= 0.3 is 0 Å². The van der Waals surface area contributed by atoms with Crippen molar-refractivity contribution in [2.75, 3.05) is 0 Å². The van der Waals surface area contributed by atoms with E-state index in [1.807, 2.05) is 0 Å². The second-order valence-corrected chi connectivity index (χ2v) is 4.63. The van der Waals surface area contributed by atoms with Gasteiger partial charge in [-0.25, -0.2) is 4.39 Å². The van der Waals surface area contributed by atoms with Crippen LogP contribution >= 0.6 is 0 Å². The molecule has 0 aliphatic rings. The molecular weight excluding hydrogens is 271 g/mol. The topological polar surface area (TPSA) is 72.2 Å². The van der Waals surface area contributed by atoms with Crippen molar-refractivity contribution in [1.82, 2.24) is 5.32 Å². The fraction of sp³-hybridized carbons (Fsp3) is 0.125. The molecule has 0 aliphatic heterocycles. The van der Waals surface area contributed by atoms with E-state index in [4.69, 9.17) is 5.73 Å². The molecule has 2 amide bonds. The molecule has 0 spiro atoms. The molecule has 0 heterocycles. The Balaban J connectivity index is 2.07. The van der Waals surface area contributed by atoms with Crippen LogP contribution in [-0.2, 0) is 11.2 Å². The van der Waals surface area contributed by atoms with Gasteiger partial charge in [-0.1, -0.05) is 30.3 Å². The number of nitrogens with one attached hydrogen (secondary N) is 1. The predicted molar refractivity (Wildman–Crippen MR) is 77.0 cm³/mol. The maximum Gasteiger partial charge on any atom is 0.251 e. The lowest BCUT2D eigenvalue weighted by molar-refractivity contribution is -0.119. The molecule has 5 heteroatoms. The average Bonchev–Trinajstić information content (AvgIpc) is 2.49. The summed E-state index contributed by atoms with van der Waals surface area (Å²) in [5.41, 5.74) is 6.48. The molecule has 4 nitrogen and oxygen atoms in total. The molecule has 0 saturated carbocycles. The molecule has 2 aromatic carbocycles. The number of primary amides is 1. The molecule has 0 bridgehead atoms. The molecule has 108 valence electrons. The first-order chi connectivity index (χ1) is 10.1. The number of carbonyl (C=O) groups excluding carboxylic acids is 2. The van der Waals surface area contributed by atoms with E-state index in [1.54, 1.807) is 42.5 Å². The first-order valence-corrected chi connectivity index (χ1v) is 6.46. The number of hydrogen-bond donors (Lipinski definition) is 2. The zero-order valence-electron chi connectivity index (χ0n) is 11.3. The highest BCUT2D eigenvalue weighted by molar-refractivity contribution is 5.97. The van der Waals surface area contributed by atoms with Crippen LogP contribution in [0.4, 0.5) is 4.39 Å². The van der Waals surface area contributed by atoms with E-state index >= 15 is 0 Å². The third-order valence-corrected chi connectivity index (χ3v) is 3.04. The summed E-state index contributed by atoms with van der Waals surface area (Å²) in [5.74, 6) is -1.37. The molecule has 0 unspecified atom stereocenters. The van der Waals surface area contributed by atoms with Crippen LogP contribution in [0, 0.1) is 5.82 Å². The van der Waals surface area contributed by atoms with Gasteiger partial charge in [0, 0.05) is 12.0 Å². The van der Waals surface area contributed by atoms with Crippen molar-refractivity contribution in [2.24, 2.45) is 5.73 Å². The fourth-order valence-corrected chi connectivity index (χ4v) is 1.91. The maximum absolute atomic E-state index is 12.9. The minimum absolute atomic E-state index is 0.216. The van der Waals surface area contributed by atoms with Crippen LogP contribution in [-0.4, -0.2) is 17.9 Å². The third kappa shape index (κ3) is 4.14. The summed E-state index contributed by atoms with van der Waals surface area (Å²) in [6.07, 6.45) is 0.216. The van der Waals surface area contributed by atoms with Gasteiger partial charge in [0.25, 0.3) is 5.91 Å². The van der Waals surface area contributed by atoms with Gasteiger partial charge in [-0.3, -0.25) is 9.59 Å². The summed E-state index contributed by atoms with van der Waals surface area (Å²) >= 11 is 0. The van der Waals surface area contributed by atoms with E-state index in [2.05, 4.69) is 5.32 Å². The van der Waals surface area contributed by atoms with E-state index in [1.165, 1.54) is 12.1 Å². The van der Waals surface area contributed by atoms with Crippen LogP contribution in [0.1, 0.15) is 15.9 Å². The highest BCUT2D eigenvalue weighted by atomic mass is 19.1. The number of amides is 2. The summed E-state index contributed by atoms with van der Waals surface area (Å²) in [6, 6.07) is 13.4. The van der Waals surface area contributed by atoms with Crippen LogP contribution in [0.5, 0.6) is 0 Å². The van der Waals surface area contributed by atoms with Crippen molar-refractivity contribution in [3.63, 3.8) is 0 Å². The van der Waals surface area contributed by atoms with Gasteiger partial charge in [-0.05, 0) is 29.8 Å². The van der Waals surface area contributed by atoms with Crippen molar-refractivity contribution < 1.29 is 14.0 Å². The van der Waals surface area contributed by atoms with E-state index in [0.717, 1.165) is 0 Å². The van der Waals surface area contributed by atoms with Crippen molar-refractivity contribution in [3.05, 3.63) is 71.5 Å². The van der Waals surface area contributed by atoms with Crippen molar-refractivity contribution >= 4 is 11.8 Å². The first kappa shape index (κ1) is 14.7.